The van der Waals surface area contributed by atoms with Crippen LogP contribution in [0.1, 0.15) is 44.2 Å². The van der Waals surface area contributed by atoms with E-state index in [-0.39, 0.29) is 18.9 Å². The Morgan fingerprint density at radius 3 is 2.29 bits per heavy atom. The first kappa shape index (κ1) is 16.2. The summed E-state index contributed by atoms with van der Waals surface area (Å²) in [6, 6.07) is 2.49. The van der Waals surface area contributed by atoms with Gasteiger partial charge in [0.1, 0.15) is 11.6 Å². The van der Waals surface area contributed by atoms with Gasteiger partial charge in [-0.2, -0.15) is 13.2 Å². The van der Waals surface area contributed by atoms with Gasteiger partial charge in [-0.15, -0.1) is 0 Å². The van der Waals surface area contributed by atoms with E-state index in [1.165, 1.54) is 12.1 Å². The van der Waals surface area contributed by atoms with Crippen molar-refractivity contribution in [2.24, 2.45) is 5.92 Å². The molecule has 1 aromatic carbocycles. The van der Waals surface area contributed by atoms with Crippen molar-refractivity contribution >= 4 is 0 Å². The molecule has 6 heteroatoms. The van der Waals surface area contributed by atoms with Gasteiger partial charge < -0.3 is 5.32 Å². The summed E-state index contributed by atoms with van der Waals surface area (Å²) in [6.45, 7) is 1.70. The van der Waals surface area contributed by atoms with Gasteiger partial charge in [0.2, 0.25) is 0 Å². The molecule has 118 valence electrons. The number of hydrogen-bond acceptors (Lipinski definition) is 1. The second kappa shape index (κ2) is 6.30. The normalized spacial score (nSPS) is 24.9. The lowest BCUT2D eigenvalue weighted by Gasteiger charge is -2.33. The highest BCUT2D eigenvalue weighted by atomic mass is 19.4. The van der Waals surface area contributed by atoms with Crippen LogP contribution in [0.15, 0.2) is 18.2 Å². The molecule has 1 fully saturated rings. The van der Waals surface area contributed by atoms with Crippen LogP contribution in [0.4, 0.5) is 22.0 Å². The Hall–Kier alpha value is -1.17. The number of hydrogen-bond donors (Lipinski definition) is 1. The highest BCUT2D eigenvalue weighted by Gasteiger charge is 2.42. The third-order valence-electron chi connectivity index (χ3n) is 4.01. The Labute approximate surface area is 120 Å². The molecular formula is C15H18F5N. The molecule has 3 unspecified atom stereocenters. The lowest BCUT2D eigenvalue weighted by Crippen LogP contribution is -2.39. The fourth-order valence-electron chi connectivity index (χ4n) is 2.91. The molecule has 1 saturated carbocycles. The highest BCUT2D eigenvalue weighted by Crippen LogP contribution is 2.38. The molecule has 0 amide bonds. The molecule has 0 heterocycles. The summed E-state index contributed by atoms with van der Waals surface area (Å²) in [4.78, 5) is 0. The van der Waals surface area contributed by atoms with Crippen molar-refractivity contribution in [3.8, 4) is 0 Å². The van der Waals surface area contributed by atoms with Crippen molar-refractivity contribution in [1.29, 1.82) is 0 Å². The molecule has 0 aliphatic heterocycles. The van der Waals surface area contributed by atoms with Gasteiger partial charge in [-0.05, 0) is 43.9 Å². The molecule has 0 aromatic heterocycles. The molecule has 0 bridgehead atoms. The van der Waals surface area contributed by atoms with Crippen LogP contribution >= 0.6 is 0 Å². The predicted molar refractivity (Wildman–Crippen MR) is 69.7 cm³/mol. The minimum Gasteiger partial charge on any atom is -0.307 e. The fourth-order valence-corrected chi connectivity index (χ4v) is 2.91. The average molecular weight is 307 g/mol. The van der Waals surface area contributed by atoms with Crippen LogP contribution in [0.2, 0.25) is 0 Å². The molecule has 0 radical (unpaired) electrons. The lowest BCUT2D eigenvalue weighted by atomic mass is 9.85. The Bertz CT molecular complexity index is 465. The van der Waals surface area contributed by atoms with Gasteiger partial charge in [0.05, 0.1) is 5.92 Å². The van der Waals surface area contributed by atoms with E-state index >= 15 is 0 Å². The van der Waals surface area contributed by atoms with E-state index < -0.39 is 29.8 Å². The van der Waals surface area contributed by atoms with E-state index in [1.54, 1.807) is 6.92 Å². The largest absolute Gasteiger partial charge is 0.391 e. The van der Waals surface area contributed by atoms with Crippen LogP contribution in [0, 0.1) is 17.6 Å². The van der Waals surface area contributed by atoms with E-state index in [4.69, 9.17) is 0 Å². The molecule has 1 aliphatic carbocycles. The maximum atomic E-state index is 13.2. The van der Waals surface area contributed by atoms with Crippen molar-refractivity contribution in [1.82, 2.24) is 5.32 Å². The second-order valence-electron chi connectivity index (χ2n) is 5.69. The zero-order valence-electron chi connectivity index (χ0n) is 11.7. The monoisotopic (exact) mass is 307 g/mol. The van der Waals surface area contributed by atoms with E-state index in [0.717, 1.165) is 6.07 Å². The van der Waals surface area contributed by atoms with Crippen molar-refractivity contribution in [3.63, 3.8) is 0 Å². The maximum Gasteiger partial charge on any atom is 0.391 e. The van der Waals surface area contributed by atoms with Crippen LogP contribution in [-0.2, 0) is 0 Å². The van der Waals surface area contributed by atoms with Crippen LogP contribution < -0.4 is 5.32 Å². The number of halogens is 5. The minimum atomic E-state index is -4.17. The smallest absolute Gasteiger partial charge is 0.307 e. The molecule has 1 N–H and O–H groups in total. The Morgan fingerprint density at radius 2 is 1.71 bits per heavy atom. The average Bonchev–Trinajstić information content (AvgIpc) is 2.37. The molecule has 1 aliphatic rings. The summed E-state index contributed by atoms with van der Waals surface area (Å²) in [5.74, 6) is -2.66. The van der Waals surface area contributed by atoms with Gasteiger partial charge in [-0.3, -0.25) is 0 Å². The van der Waals surface area contributed by atoms with Crippen molar-refractivity contribution < 1.29 is 22.0 Å². The number of rotatable bonds is 3. The number of benzene rings is 1. The predicted octanol–water partition coefficient (Wildman–Crippen LogP) is 4.74. The van der Waals surface area contributed by atoms with Crippen molar-refractivity contribution in [2.75, 3.05) is 0 Å². The van der Waals surface area contributed by atoms with Gasteiger partial charge in [0, 0.05) is 18.2 Å². The third kappa shape index (κ3) is 4.40. The molecule has 2 rings (SSSR count). The highest BCUT2D eigenvalue weighted by molar-refractivity contribution is 5.21. The Morgan fingerprint density at radius 1 is 1.10 bits per heavy atom. The molecule has 0 spiro atoms. The van der Waals surface area contributed by atoms with E-state index in [2.05, 4.69) is 5.32 Å². The van der Waals surface area contributed by atoms with Crippen LogP contribution in [-0.4, -0.2) is 12.2 Å². The van der Waals surface area contributed by atoms with E-state index in [1.807, 2.05) is 0 Å². The summed E-state index contributed by atoms with van der Waals surface area (Å²) in [7, 11) is 0. The summed E-state index contributed by atoms with van der Waals surface area (Å²) >= 11 is 0. The first-order valence-corrected chi connectivity index (χ1v) is 7.04. The van der Waals surface area contributed by atoms with Gasteiger partial charge in [0.25, 0.3) is 0 Å². The molecule has 1 nitrogen and oxygen atoms in total. The van der Waals surface area contributed by atoms with Crippen molar-refractivity contribution in [2.45, 2.75) is 50.9 Å². The van der Waals surface area contributed by atoms with Crippen LogP contribution in [0.5, 0.6) is 0 Å². The molecule has 3 atom stereocenters. The third-order valence-corrected chi connectivity index (χ3v) is 4.01. The Balaban J connectivity index is 2.00. The summed E-state index contributed by atoms with van der Waals surface area (Å²) in [5, 5.41) is 3.06. The maximum absolute atomic E-state index is 13.2. The van der Waals surface area contributed by atoms with E-state index in [0.29, 0.717) is 18.4 Å². The lowest BCUT2D eigenvalue weighted by molar-refractivity contribution is -0.183. The number of nitrogens with one attached hydrogen (secondary N) is 1. The van der Waals surface area contributed by atoms with Crippen LogP contribution in [0.25, 0.3) is 0 Å². The first-order chi connectivity index (χ1) is 9.75. The first-order valence-electron chi connectivity index (χ1n) is 7.04. The Kier molecular flexibility index (Phi) is 4.86. The minimum absolute atomic E-state index is 0.0195. The molecule has 21 heavy (non-hydrogen) atoms. The second-order valence-corrected chi connectivity index (χ2v) is 5.69. The quantitative estimate of drug-likeness (QED) is 0.796. The SMILES string of the molecule is CC(NC1CCCC(C(F)(F)F)C1)c1cc(F)cc(F)c1. The van der Waals surface area contributed by atoms with Gasteiger partial charge in [-0.1, -0.05) is 6.42 Å². The summed E-state index contributed by atoms with van der Waals surface area (Å²) in [5.41, 5.74) is 0.404. The van der Waals surface area contributed by atoms with Gasteiger partial charge >= 0.3 is 6.18 Å². The molecular weight excluding hydrogens is 289 g/mol. The standard InChI is InChI=1S/C15H18F5N/c1-9(10-5-12(16)8-13(17)6-10)21-14-4-2-3-11(7-14)15(18,19)20/h5-6,8-9,11,14,21H,2-4,7H2,1H3. The molecule has 0 saturated heterocycles. The number of alkyl halides is 3. The topological polar surface area (TPSA) is 12.0 Å². The fraction of sp³-hybridized carbons (Fsp3) is 0.600. The van der Waals surface area contributed by atoms with Crippen molar-refractivity contribution in [3.05, 3.63) is 35.4 Å². The molecule has 1 aromatic rings. The summed E-state index contributed by atoms with van der Waals surface area (Å²) < 4.78 is 64.6. The van der Waals surface area contributed by atoms with Gasteiger partial charge in [-0.25, -0.2) is 8.78 Å². The zero-order chi connectivity index (χ0) is 15.6. The van der Waals surface area contributed by atoms with Gasteiger partial charge in [0.15, 0.2) is 0 Å². The zero-order valence-corrected chi connectivity index (χ0v) is 11.7. The summed E-state index contributed by atoms with van der Waals surface area (Å²) in [6.07, 6.45) is -2.84. The van der Waals surface area contributed by atoms with Crippen LogP contribution in [0.3, 0.4) is 0 Å². The van der Waals surface area contributed by atoms with E-state index in [9.17, 15) is 22.0 Å².